The number of aromatic nitrogens is 2. The Hall–Kier alpha value is -1.41. The van der Waals surface area contributed by atoms with E-state index in [-0.39, 0.29) is 34.3 Å². The van der Waals surface area contributed by atoms with Crippen LogP contribution in [0, 0.1) is 17.8 Å². The fraction of sp³-hybridized carbons (Fsp3) is 0.765. The summed E-state index contributed by atoms with van der Waals surface area (Å²) in [5, 5.41) is 4.44. The predicted octanol–water partition coefficient (Wildman–Crippen LogP) is 1.30. The Morgan fingerprint density at radius 2 is 1.88 bits per heavy atom. The number of amides is 1. The maximum atomic E-state index is 13.0. The number of carbonyl (C=O) groups is 1. The Kier molecular flexibility index (Phi) is 4.27. The van der Waals surface area contributed by atoms with Crippen molar-refractivity contribution in [2.24, 2.45) is 10.8 Å². The lowest BCUT2D eigenvalue weighted by Crippen LogP contribution is -2.34. The zero-order valence-corrected chi connectivity index (χ0v) is 16.4. The van der Waals surface area contributed by atoms with Crippen LogP contribution < -0.4 is 0 Å². The van der Waals surface area contributed by atoms with Crippen LogP contribution in [0.2, 0.25) is 0 Å². The minimum atomic E-state index is -3.03. The van der Waals surface area contributed by atoms with Crippen molar-refractivity contribution in [3.63, 3.8) is 0 Å². The van der Waals surface area contributed by atoms with Crippen molar-refractivity contribution in [3.05, 3.63) is 17.5 Å². The van der Waals surface area contributed by atoms with Crippen molar-refractivity contribution in [2.75, 3.05) is 38.3 Å². The zero-order valence-electron chi connectivity index (χ0n) is 15.6. The molecule has 1 unspecified atom stereocenters. The molecule has 2 aliphatic heterocycles. The van der Waals surface area contributed by atoms with E-state index < -0.39 is 9.84 Å². The van der Waals surface area contributed by atoms with Crippen LogP contribution in [0.4, 0.5) is 0 Å². The van der Waals surface area contributed by atoms with Gasteiger partial charge in [0.1, 0.15) is 0 Å². The fourth-order valence-corrected chi connectivity index (χ4v) is 7.21. The number of rotatable bonds is 4. The van der Waals surface area contributed by atoms with Gasteiger partial charge in [-0.05, 0) is 13.8 Å². The molecule has 0 N–H and O–H groups in total. The lowest BCUT2D eigenvalue weighted by Gasteiger charge is -2.29. The minimum absolute atomic E-state index is 0.0448. The number of carbonyl (C=O) groups excluding carboxylic acids is 1. The molecule has 3 rings (SSSR count). The quantitative estimate of drug-likeness (QED) is 0.799. The normalized spacial score (nSPS) is 32.0. The summed E-state index contributed by atoms with van der Waals surface area (Å²) < 4.78 is 31.0. The average Bonchev–Trinajstić information content (AvgIpc) is 3.01. The van der Waals surface area contributed by atoms with Crippen molar-refractivity contribution in [1.82, 2.24) is 14.7 Å². The monoisotopic (exact) mass is 369 g/mol. The SMILES string of the molecule is COCC(C)n1cc(C(=O)N2C[C@@]3(C)CS(=O)(=O)C[C@@]3(C)C2)c(C)n1. The van der Waals surface area contributed by atoms with Gasteiger partial charge in [-0.15, -0.1) is 0 Å². The van der Waals surface area contributed by atoms with E-state index in [1.54, 1.807) is 22.9 Å². The maximum Gasteiger partial charge on any atom is 0.257 e. The molecule has 0 aliphatic carbocycles. The van der Waals surface area contributed by atoms with Gasteiger partial charge in [0.15, 0.2) is 9.84 Å². The molecule has 0 bridgehead atoms. The molecule has 8 heteroatoms. The van der Waals surface area contributed by atoms with Gasteiger partial charge in [-0.25, -0.2) is 8.42 Å². The molecule has 1 aromatic rings. The van der Waals surface area contributed by atoms with E-state index in [2.05, 4.69) is 5.10 Å². The molecule has 140 valence electrons. The second-order valence-electron chi connectivity index (χ2n) is 8.23. The van der Waals surface area contributed by atoms with E-state index in [4.69, 9.17) is 4.74 Å². The summed E-state index contributed by atoms with van der Waals surface area (Å²) in [6.45, 7) is 9.25. The first kappa shape index (κ1) is 18.4. The van der Waals surface area contributed by atoms with Gasteiger partial charge >= 0.3 is 0 Å². The third-order valence-electron chi connectivity index (χ3n) is 5.91. The molecule has 3 heterocycles. The number of ether oxygens (including phenoxy) is 1. The molecule has 7 nitrogen and oxygen atoms in total. The van der Waals surface area contributed by atoms with E-state index in [1.165, 1.54) is 0 Å². The fourth-order valence-electron chi connectivity index (χ4n) is 4.29. The summed E-state index contributed by atoms with van der Waals surface area (Å²) in [4.78, 5) is 14.8. The van der Waals surface area contributed by atoms with Crippen LogP contribution in [-0.2, 0) is 14.6 Å². The largest absolute Gasteiger partial charge is 0.382 e. The van der Waals surface area contributed by atoms with Gasteiger partial charge in [0.05, 0.1) is 35.4 Å². The van der Waals surface area contributed by atoms with Gasteiger partial charge < -0.3 is 9.64 Å². The second-order valence-corrected chi connectivity index (χ2v) is 10.3. The summed E-state index contributed by atoms with van der Waals surface area (Å²) in [6.07, 6.45) is 1.77. The standard InChI is InChI=1S/C17H27N3O4S/c1-12(7-24-5)20-6-14(13(2)18-20)15(21)19-8-16(3)10-25(22,23)11-17(16,4)9-19/h6,12H,7-11H2,1-5H3/t12?,16-,17+. The highest BCUT2D eigenvalue weighted by atomic mass is 32.2. The van der Waals surface area contributed by atoms with Gasteiger partial charge in [-0.2, -0.15) is 5.10 Å². The van der Waals surface area contributed by atoms with E-state index in [0.29, 0.717) is 31.0 Å². The highest BCUT2D eigenvalue weighted by molar-refractivity contribution is 7.91. The Bertz CT molecular complexity index is 777. The van der Waals surface area contributed by atoms with Crippen LogP contribution in [0.25, 0.3) is 0 Å². The molecule has 1 aromatic heterocycles. The first-order chi connectivity index (χ1) is 11.5. The zero-order chi connectivity index (χ0) is 18.6. The van der Waals surface area contributed by atoms with Gasteiger partial charge in [0.25, 0.3) is 5.91 Å². The summed E-state index contributed by atoms with van der Waals surface area (Å²) in [6, 6.07) is 0.0448. The van der Waals surface area contributed by atoms with E-state index >= 15 is 0 Å². The maximum absolute atomic E-state index is 13.0. The lowest BCUT2D eigenvalue weighted by atomic mass is 9.71. The average molecular weight is 369 g/mol. The number of sulfone groups is 1. The summed E-state index contributed by atoms with van der Waals surface area (Å²) >= 11 is 0. The van der Waals surface area contributed by atoms with Crippen molar-refractivity contribution in [3.8, 4) is 0 Å². The lowest BCUT2D eigenvalue weighted by molar-refractivity contribution is 0.0773. The highest BCUT2D eigenvalue weighted by Gasteiger charge is 2.61. The van der Waals surface area contributed by atoms with Crippen molar-refractivity contribution in [1.29, 1.82) is 0 Å². The van der Waals surface area contributed by atoms with E-state index in [9.17, 15) is 13.2 Å². The number of hydrogen-bond acceptors (Lipinski definition) is 5. The van der Waals surface area contributed by atoms with Crippen LogP contribution in [0.1, 0.15) is 42.9 Å². The van der Waals surface area contributed by atoms with E-state index in [1.807, 2.05) is 27.7 Å². The molecule has 3 atom stereocenters. The Balaban J connectivity index is 1.82. The third kappa shape index (κ3) is 2.99. The second kappa shape index (κ2) is 5.81. The predicted molar refractivity (Wildman–Crippen MR) is 94.3 cm³/mol. The van der Waals surface area contributed by atoms with Crippen LogP contribution in [0.15, 0.2) is 6.20 Å². The van der Waals surface area contributed by atoms with Crippen molar-refractivity contribution >= 4 is 15.7 Å². The Morgan fingerprint density at radius 1 is 1.32 bits per heavy atom. The molecule has 2 fully saturated rings. The number of aryl methyl sites for hydroxylation is 1. The van der Waals surface area contributed by atoms with Crippen molar-refractivity contribution in [2.45, 2.75) is 33.7 Å². The van der Waals surface area contributed by atoms with Gasteiger partial charge in [-0.3, -0.25) is 9.48 Å². The van der Waals surface area contributed by atoms with Crippen LogP contribution in [0.5, 0.6) is 0 Å². The smallest absolute Gasteiger partial charge is 0.257 e. The topological polar surface area (TPSA) is 81.5 Å². The van der Waals surface area contributed by atoms with Gasteiger partial charge in [0, 0.05) is 37.2 Å². The van der Waals surface area contributed by atoms with Gasteiger partial charge in [-0.1, -0.05) is 13.8 Å². The summed E-state index contributed by atoms with van der Waals surface area (Å²) in [7, 11) is -1.39. The molecule has 2 saturated heterocycles. The number of hydrogen-bond donors (Lipinski definition) is 0. The first-order valence-corrected chi connectivity index (χ1v) is 10.4. The highest BCUT2D eigenvalue weighted by Crippen LogP contribution is 2.52. The molecule has 1 amide bonds. The van der Waals surface area contributed by atoms with E-state index in [0.717, 1.165) is 0 Å². The molecular formula is C17H27N3O4S. The summed E-state index contributed by atoms with van der Waals surface area (Å²) in [5.41, 5.74) is 0.509. The number of fused-ring (bicyclic) bond motifs is 1. The Morgan fingerprint density at radius 3 is 2.40 bits per heavy atom. The molecular weight excluding hydrogens is 342 g/mol. The number of methoxy groups -OCH3 is 1. The first-order valence-electron chi connectivity index (χ1n) is 8.55. The van der Waals surface area contributed by atoms with Crippen LogP contribution in [0.3, 0.4) is 0 Å². The molecule has 0 spiro atoms. The van der Waals surface area contributed by atoms with Crippen LogP contribution in [-0.4, -0.2) is 67.3 Å². The molecule has 0 aromatic carbocycles. The minimum Gasteiger partial charge on any atom is -0.382 e. The number of likely N-dealkylation sites (tertiary alicyclic amines) is 1. The summed E-state index contributed by atoms with van der Waals surface area (Å²) in [5.74, 6) is 0.245. The molecule has 0 saturated carbocycles. The molecule has 25 heavy (non-hydrogen) atoms. The number of nitrogens with zero attached hydrogens (tertiary/aromatic N) is 3. The third-order valence-corrected chi connectivity index (χ3v) is 8.06. The molecule has 0 radical (unpaired) electrons. The van der Waals surface area contributed by atoms with Crippen molar-refractivity contribution < 1.29 is 17.9 Å². The molecule has 2 aliphatic rings. The van der Waals surface area contributed by atoms with Gasteiger partial charge in [0.2, 0.25) is 0 Å². The van der Waals surface area contributed by atoms with Crippen LogP contribution >= 0.6 is 0 Å². The Labute approximate surface area is 149 Å².